The van der Waals surface area contributed by atoms with Crippen molar-refractivity contribution in [2.24, 2.45) is 16.7 Å². The molecule has 0 unspecified atom stereocenters. The van der Waals surface area contributed by atoms with Crippen molar-refractivity contribution in [2.75, 3.05) is 0 Å². The second-order valence-corrected chi connectivity index (χ2v) is 6.88. The van der Waals surface area contributed by atoms with Gasteiger partial charge in [-0.25, -0.2) is 0 Å². The highest BCUT2D eigenvalue weighted by molar-refractivity contribution is 4.92. The zero-order valence-electron chi connectivity index (χ0n) is 11.5. The summed E-state index contributed by atoms with van der Waals surface area (Å²) in [7, 11) is 0. The van der Waals surface area contributed by atoms with E-state index < -0.39 is 0 Å². The van der Waals surface area contributed by atoms with Gasteiger partial charge >= 0.3 is 0 Å². The van der Waals surface area contributed by atoms with E-state index in [4.69, 9.17) is 0 Å². The first-order chi connectivity index (χ1) is 6.90. The van der Waals surface area contributed by atoms with E-state index >= 15 is 0 Å². The Hall–Kier alpha value is 0. The first-order valence-electron chi connectivity index (χ1n) is 6.90. The summed E-state index contributed by atoms with van der Waals surface area (Å²) in [5.41, 5.74) is 1.16. The Morgan fingerprint density at radius 2 is 1.47 bits per heavy atom. The van der Waals surface area contributed by atoms with E-state index in [-0.39, 0.29) is 0 Å². The van der Waals surface area contributed by atoms with Crippen LogP contribution in [0.3, 0.4) is 0 Å². The Kier molecular flexibility index (Phi) is 4.26. The van der Waals surface area contributed by atoms with Gasteiger partial charge in [-0.15, -0.1) is 0 Å². The van der Waals surface area contributed by atoms with Crippen LogP contribution in [0.2, 0.25) is 0 Å². The minimum atomic E-state index is 0.579. The third-order valence-electron chi connectivity index (χ3n) is 4.63. The normalized spacial score (nSPS) is 25.4. The van der Waals surface area contributed by atoms with Crippen molar-refractivity contribution in [2.45, 2.75) is 79.6 Å². The summed E-state index contributed by atoms with van der Waals surface area (Å²) in [6.45, 7) is 12.3. The molecule has 0 amide bonds. The van der Waals surface area contributed by atoms with Gasteiger partial charge in [0.25, 0.3) is 0 Å². The van der Waals surface area contributed by atoms with Crippen LogP contribution in [0.1, 0.15) is 79.6 Å². The molecule has 1 aliphatic carbocycles. The van der Waals surface area contributed by atoms with Crippen molar-refractivity contribution in [1.82, 2.24) is 0 Å². The third-order valence-corrected chi connectivity index (χ3v) is 4.63. The van der Waals surface area contributed by atoms with Gasteiger partial charge in [-0.05, 0) is 36.0 Å². The predicted molar refractivity (Wildman–Crippen MR) is 69.0 cm³/mol. The highest BCUT2D eigenvalue weighted by Gasteiger charge is 2.42. The highest BCUT2D eigenvalue weighted by atomic mass is 14.5. The molecule has 0 aromatic carbocycles. The second kappa shape index (κ2) is 4.89. The Balaban J connectivity index is 2.60. The molecule has 0 N–H and O–H groups in total. The smallest absolute Gasteiger partial charge is 0.0311 e. The van der Waals surface area contributed by atoms with E-state index in [2.05, 4.69) is 34.6 Å². The molecule has 15 heavy (non-hydrogen) atoms. The van der Waals surface area contributed by atoms with Crippen LogP contribution in [0, 0.1) is 16.7 Å². The van der Waals surface area contributed by atoms with Crippen molar-refractivity contribution >= 4 is 0 Å². The van der Waals surface area contributed by atoms with E-state index in [0.29, 0.717) is 10.8 Å². The monoisotopic (exact) mass is 210 g/mol. The van der Waals surface area contributed by atoms with Gasteiger partial charge in [0.1, 0.15) is 0 Å². The maximum Gasteiger partial charge on any atom is -0.0311 e. The molecule has 0 spiro atoms. The summed E-state index contributed by atoms with van der Waals surface area (Å²) in [5, 5.41) is 0. The molecule has 0 nitrogen and oxygen atoms in total. The average molecular weight is 210 g/mol. The summed E-state index contributed by atoms with van der Waals surface area (Å²) < 4.78 is 0. The van der Waals surface area contributed by atoms with Crippen LogP contribution >= 0.6 is 0 Å². The Morgan fingerprint density at radius 3 is 1.93 bits per heavy atom. The number of unbranched alkanes of at least 4 members (excludes halogenated alkanes) is 2. The van der Waals surface area contributed by atoms with E-state index in [9.17, 15) is 0 Å². The van der Waals surface area contributed by atoms with Gasteiger partial charge in [0.05, 0.1) is 0 Å². The Bertz CT molecular complexity index is 172. The van der Waals surface area contributed by atoms with Crippen LogP contribution < -0.4 is 0 Å². The molecule has 1 aliphatic rings. The van der Waals surface area contributed by atoms with Crippen molar-refractivity contribution in [3.8, 4) is 0 Å². The molecule has 0 bridgehead atoms. The van der Waals surface area contributed by atoms with Gasteiger partial charge < -0.3 is 0 Å². The minimum absolute atomic E-state index is 0.579. The lowest BCUT2D eigenvalue weighted by Gasteiger charge is -2.49. The average Bonchev–Trinajstić information content (AvgIpc) is 2.09. The van der Waals surface area contributed by atoms with E-state index in [1.807, 2.05) is 0 Å². The topological polar surface area (TPSA) is 0 Å². The Labute approximate surface area is 96.8 Å². The summed E-state index contributed by atoms with van der Waals surface area (Å²) in [6.07, 6.45) is 9.98. The quantitative estimate of drug-likeness (QED) is 0.544. The molecule has 0 heterocycles. The number of hydrogen-bond acceptors (Lipinski definition) is 0. The molecule has 0 atom stereocenters. The second-order valence-electron chi connectivity index (χ2n) is 6.88. The molecule has 0 aliphatic heterocycles. The molecule has 0 saturated heterocycles. The highest BCUT2D eigenvalue weighted by Crippen LogP contribution is 2.52. The van der Waals surface area contributed by atoms with Crippen molar-refractivity contribution in [1.29, 1.82) is 0 Å². The molecule has 90 valence electrons. The van der Waals surface area contributed by atoms with Gasteiger partial charge in [0.2, 0.25) is 0 Å². The maximum atomic E-state index is 2.49. The van der Waals surface area contributed by atoms with Crippen LogP contribution in [0.15, 0.2) is 0 Å². The van der Waals surface area contributed by atoms with Gasteiger partial charge in [-0.2, -0.15) is 0 Å². The van der Waals surface area contributed by atoms with Crippen LogP contribution in [0.5, 0.6) is 0 Å². The lowest BCUT2D eigenvalue weighted by molar-refractivity contribution is 0.00693. The number of rotatable bonds is 4. The molecule has 0 aromatic heterocycles. The molecular formula is C15H30. The van der Waals surface area contributed by atoms with Gasteiger partial charge in [-0.3, -0.25) is 0 Å². The van der Waals surface area contributed by atoms with E-state index in [0.717, 1.165) is 5.92 Å². The van der Waals surface area contributed by atoms with Crippen molar-refractivity contribution in [3.63, 3.8) is 0 Å². The van der Waals surface area contributed by atoms with Crippen LogP contribution in [0.25, 0.3) is 0 Å². The molecule has 1 saturated carbocycles. The first-order valence-corrected chi connectivity index (χ1v) is 6.90. The van der Waals surface area contributed by atoms with Crippen molar-refractivity contribution < 1.29 is 0 Å². The zero-order chi connectivity index (χ0) is 11.5. The first kappa shape index (κ1) is 13.1. The summed E-state index contributed by atoms with van der Waals surface area (Å²) in [5.74, 6) is 0.935. The largest absolute Gasteiger partial charge is 0.0654 e. The maximum absolute atomic E-state index is 2.49. The third kappa shape index (κ3) is 3.23. The lowest BCUT2D eigenvalue weighted by atomic mass is 9.56. The van der Waals surface area contributed by atoms with Gasteiger partial charge in [0, 0.05) is 0 Å². The molecule has 1 fully saturated rings. The standard InChI is InChI=1S/C15H30/c1-6-7-8-10-13-14(2,3)11-9-12-15(13,4)5/h13H,6-12H2,1-5H3. The molecule has 0 radical (unpaired) electrons. The van der Waals surface area contributed by atoms with Crippen LogP contribution in [-0.2, 0) is 0 Å². The van der Waals surface area contributed by atoms with E-state index in [1.165, 1.54) is 44.9 Å². The number of hydrogen-bond donors (Lipinski definition) is 0. The van der Waals surface area contributed by atoms with Gasteiger partial charge in [0.15, 0.2) is 0 Å². The van der Waals surface area contributed by atoms with Gasteiger partial charge in [-0.1, -0.05) is 60.3 Å². The van der Waals surface area contributed by atoms with Crippen LogP contribution in [0.4, 0.5) is 0 Å². The molecule has 0 aromatic rings. The lowest BCUT2D eigenvalue weighted by Crippen LogP contribution is -2.40. The Morgan fingerprint density at radius 1 is 0.933 bits per heavy atom. The fourth-order valence-corrected chi connectivity index (χ4v) is 3.79. The molecule has 0 heteroatoms. The predicted octanol–water partition coefficient (Wildman–Crippen LogP) is 5.42. The fraction of sp³-hybridized carbons (Fsp3) is 1.00. The van der Waals surface area contributed by atoms with E-state index in [1.54, 1.807) is 0 Å². The SMILES string of the molecule is CCCCCC1C(C)(C)CCCC1(C)C. The summed E-state index contributed by atoms with van der Waals surface area (Å²) in [6, 6.07) is 0. The zero-order valence-corrected chi connectivity index (χ0v) is 11.5. The minimum Gasteiger partial charge on any atom is -0.0654 e. The molecule has 1 rings (SSSR count). The summed E-state index contributed by atoms with van der Waals surface area (Å²) >= 11 is 0. The fourth-order valence-electron chi connectivity index (χ4n) is 3.79. The van der Waals surface area contributed by atoms with Crippen LogP contribution in [-0.4, -0.2) is 0 Å². The summed E-state index contributed by atoms with van der Waals surface area (Å²) in [4.78, 5) is 0. The molecular weight excluding hydrogens is 180 g/mol. The van der Waals surface area contributed by atoms with Crippen molar-refractivity contribution in [3.05, 3.63) is 0 Å².